The van der Waals surface area contributed by atoms with Gasteiger partial charge in [0.2, 0.25) is 0 Å². The largest absolute Gasteiger partial charge is 0.362 e. The summed E-state index contributed by atoms with van der Waals surface area (Å²) in [5, 5.41) is 16.4. The fourth-order valence-corrected chi connectivity index (χ4v) is 3.79. The molecule has 7 heteroatoms. The Labute approximate surface area is 156 Å². The van der Waals surface area contributed by atoms with Crippen LogP contribution in [0.4, 0.5) is 11.4 Å². The molecule has 0 saturated heterocycles. The fourth-order valence-electron chi connectivity index (χ4n) is 3.00. The van der Waals surface area contributed by atoms with Gasteiger partial charge in [0.1, 0.15) is 5.69 Å². The normalized spacial score (nSPS) is 14.3. The standard InChI is InChI=1S/C19H21N3O3S/c1-13(2)20-19(23)15-5-6-16(17(12-15)22(24)25)21-9-7-14(8-10-21)18-4-3-11-26-18/h3-7,11-13H,8-10H2,1-2H3,(H,20,23). The molecule has 26 heavy (non-hydrogen) atoms. The minimum atomic E-state index is -0.417. The van der Waals surface area contributed by atoms with E-state index in [1.165, 1.54) is 16.5 Å². The van der Waals surface area contributed by atoms with Gasteiger partial charge in [-0.2, -0.15) is 0 Å². The van der Waals surface area contributed by atoms with Crippen LogP contribution in [0.15, 0.2) is 41.8 Å². The van der Waals surface area contributed by atoms with Crippen LogP contribution in [0, 0.1) is 10.1 Å². The summed E-state index contributed by atoms with van der Waals surface area (Å²) < 4.78 is 0. The SMILES string of the molecule is CC(C)NC(=O)c1ccc(N2CC=C(c3cccs3)CC2)c([N+](=O)[O-])c1. The number of carbonyl (C=O) groups excluding carboxylic acids is 1. The van der Waals surface area contributed by atoms with E-state index in [0.29, 0.717) is 24.3 Å². The van der Waals surface area contributed by atoms with Crippen molar-refractivity contribution in [1.82, 2.24) is 5.32 Å². The Morgan fingerprint density at radius 1 is 1.35 bits per heavy atom. The summed E-state index contributed by atoms with van der Waals surface area (Å²) in [6.45, 7) is 5.03. The maximum atomic E-state index is 12.1. The molecule has 1 aromatic heterocycles. The van der Waals surface area contributed by atoms with E-state index in [1.807, 2.05) is 30.2 Å². The number of amides is 1. The lowest BCUT2D eigenvalue weighted by Gasteiger charge is -2.28. The first-order valence-corrected chi connectivity index (χ1v) is 9.41. The summed E-state index contributed by atoms with van der Waals surface area (Å²) in [5.41, 5.74) is 2.11. The van der Waals surface area contributed by atoms with Gasteiger partial charge < -0.3 is 10.2 Å². The van der Waals surface area contributed by atoms with Crippen LogP contribution in [0.2, 0.25) is 0 Å². The van der Waals surface area contributed by atoms with Crippen molar-refractivity contribution in [2.75, 3.05) is 18.0 Å². The Morgan fingerprint density at radius 3 is 2.73 bits per heavy atom. The van der Waals surface area contributed by atoms with Crippen LogP contribution in [0.1, 0.15) is 35.5 Å². The predicted molar refractivity (Wildman–Crippen MR) is 105 cm³/mol. The molecule has 0 radical (unpaired) electrons. The monoisotopic (exact) mass is 371 g/mol. The Balaban J connectivity index is 1.84. The smallest absolute Gasteiger partial charge is 0.293 e. The molecular formula is C19H21N3O3S. The molecule has 0 aliphatic carbocycles. The van der Waals surface area contributed by atoms with Gasteiger partial charge >= 0.3 is 0 Å². The second-order valence-corrected chi connectivity index (χ2v) is 7.44. The fraction of sp³-hybridized carbons (Fsp3) is 0.316. The molecule has 136 valence electrons. The maximum absolute atomic E-state index is 12.1. The highest BCUT2D eigenvalue weighted by molar-refractivity contribution is 7.11. The summed E-state index contributed by atoms with van der Waals surface area (Å²) in [6.07, 6.45) is 2.96. The van der Waals surface area contributed by atoms with Crippen molar-refractivity contribution in [3.8, 4) is 0 Å². The van der Waals surface area contributed by atoms with Gasteiger partial charge in [-0.15, -0.1) is 11.3 Å². The van der Waals surface area contributed by atoms with E-state index in [9.17, 15) is 14.9 Å². The Bertz CT molecular complexity index is 844. The van der Waals surface area contributed by atoms with Crippen LogP contribution < -0.4 is 10.2 Å². The summed E-state index contributed by atoms with van der Waals surface area (Å²) >= 11 is 1.70. The van der Waals surface area contributed by atoms with E-state index in [0.717, 1.165) is 6.42 Å². The van der Waals surface area contributed by atoms with Gasteiger partial charge in [-0.1, -0.05) is 12.1 Å². The molecule has 1 aliphatic rings. The molecule has 1 aliphatic heterocycles. The molecule has 0 fully saturated rings. The molecule has 0 bridgehead atoms. The Hall–Kier alpha value is -2.67. The second kappa shape index (κ2) is 7.70. The molecule has 0 spiro atoms. The van der Waals surface area contributed by atoms with Crippen molar-refractivity contribution in [2.24, 2.45) is 0 Å². The number of rotatable bonds is 5. The topological polar surface area (TPSA) is 75.5 Å². The van der Waals surface area contributed by atoms with Gasteiger partial charge in [0.25, 0.3) is 11.6 Å². The number of benzene rings is 1. The number of thiophene rings is 1. The first-order chi connectivity index (χ1) is 12.5. The zero-order valence-electron chi connectivity index (χ0n) is 14.8. The van der Waals surface area contributed by atoms with Crippen LogP contribution in [0.25, 0.3) is 5.57 Å². The van der Waals surface area contributed by atoms with Gasteiger partial charge in [0.15, 0.2) is 0 Å². The highest BCUT2D eigenvalue weighted by Crippen LogP contribution is 2.33. The zero-order valence-corrected chi connectivity index (χ0v) is 15.6. The second-order valence-electron chi connectivity index (χ2n) is 6.49. The summed E-state index contributed by atoms with van der Waals surface area (Å²) in [6, 6.07) is 8.79. The minimum absolute atomic E-state index is 0.0239. The molecular weight excluding hydrogens is 350 g/mol. The summed E-state index contributed by atoms with van der Waals surface area (Å²) in [5.74, 6) is -0.298. The lowest BCUT2D eigenvalue weighted by molar-refractivity contribution is -0.384. The lowest BCUT2D eigenvalue weighted by Crippen LogP contribution is -2.31. The quantitative estimate of drug-likeness (QED) is 0.634. The van der Waals surface area contributed by atoms with E-state index in [4.69, 9.17) is 0 Å². The van der Waals surface area contributed by atoms with Crippen LogP contribution in [0.3, 0.4) is 0 Å². The third-order valence-corrected chi connectivity index (χ3v) is 5.19. The van der Waals surface area contributed by atoms with Crippen molar-refractivity contribution in [3.63, 3.8) is 0 Å². The van der Waals surface area contributed by atoms with Gasteiger partial charge in [-0.25, -0.2) is 0 Å². The first kappa shape index (κ1) is 18.1. The van der Waals surface area contributed by atoms with E-state index >= 15 is 0 Å². The van der Waals surface area contributed by atoms with Crippen molar-refractivity contribution in [2.45, 2.75) is 26.3 Å². The van der Waals surface area contributed by atoms with Crippen LogP contribution in [-0.4, -0.2) is 30.0 Å². The Kier molecular flexibility index (Phi) is 5.37. The molecule has 0 atom stereocenters. The molecule has 0 saturated carbocycles. The first-order valence-electron chi connectivity index (χ1n) is 8.53. The highest BCUT2D eigenvalue weighted by atomic mass is 32.1. The Morgan fingerprint density at radius 2 is 2.15 bits per heavy atom. The number of carbonyl (C=O) groups is 1. The lowest BCUT2D eigenvalue weighted by atomic mass is 10.0. The zero-order chi connectivity index (χ0) is 18.7. The van der Waals surface area contributed by atoms with Crippen molar-refractivity contribution >= 4 is 34.2 Å². The molecule has 3 rings (SSSR count). The van der Waals surface area contributed by atoms with Crippen LogP contribution in [0.5, 0.6) is 0 Å². The van der Waals surface area contributed by atoms with E-state index < -0.39 is 4.92 Å². The number of anilines is 1. The third kappa shape index (κ3) is 3.94. The number of hydrogen-bond acceptors (Lipinski definition) is 5. The summed E-state index contributed by atoms with van der Waals surface area (Å²) in [4.78, 5) is 26.5. The predicted octanol–water partition coefficient (Wildman–Crippen LogP) is 4.09. The molecule has 1 aromatic carbocycles. The van der Waals surface area contributed by atoms with E-state index in [2.05, 4.69) is 17.5 Å². The average molecular weight is 371 g/mol. The highest BCUT2D eigenvalue weighted by Gasteiger charge is 2.23. The number of hydrogen-bond donors (Lipinski definition) is 1. The molecule has 2 heterocycles. The van der Waals surface area contributed by atoms with Gasteiger partial charge in [0.05, 0.1) is 4.92 Å². The minimum Gasteiger partial charge on any atom is -0.362 e. The van der Waals surface area contributed by atoms with Gasteiger partial charge in [-0.05, 0) is 49.4 Å². The van der Waals surface area contributed by atoms with Crippen LogP contribution >= 0.6 is 11.3 Å². The summed E-state index contributed by atoms with van der Waals surface area (Å²) in [7, 11) is 0. The number of nitrogens with one attached hydrogen (secondary N) is 1. The average Bonchev–Trinajstić information content (AvgIpc) is 3.15. The molecule has 1 amide bonds. The van der Waals surface area contributed by atoms with Gasteiger partial charge in [0, 0.05) is 35.6 Å². The van der Waals surface area contributed by atoms with Gasteiger partial charge in [-0.3, -0.25) is 14.9 Å². The molecule has 2 aromatic rings. The third-order valence-electron chi connectivity index (χ3n) is 4.24. The van der Waals surface area contributed by atoms with Crippen molar-refractivity contribution in [3.05, 3.63) is 62.3 Å². The molecule has 1 N–H and O–H groups in total. The van der Waals surface area contributed by atoms with E-state index in [-0.39, 0.29) is 17.6 Å². The number of nitrogens with zero attached hydrogens (tertiary/aromatic N) is 2. The molecule has 6 nitrogen and oxygen atoms in total. The van der Waals surface area contributed by atoms with Crippen molar-refractivity contribution < 1.29 is 9.72 Å². The molecule has 0 unspecified atom stereocenters. The van der Waals surface area contributed by atoms with Crippen molar-refractivity contribution in [1.29, 1.82) is 0 Å². The number of nitro groups is 1. The van der Waals surface area contributed by atoms with E-state index in [1.54, 1.807) is 23.5 Å². The maximum Gasteiger partial charge on any atom is 0.293 e. The number of nitro benzene ring substituents is 1. The van der Waals surface area contributed by atoms with Crippen LogP contribution in [-0.2, 0) is 0 Å².